The molecule has 0 rings (SSSR count). The zero-order valence-electron chi connectivity index (χ0n) is 41.1. The number of carbonyl (C=O) groups is 3. The van der Waals surface area contributed by atoms with E-state index < -0.39 is 6.10 Å². The summed E-state index contributed by atoms with van der Waals surface area (Å²) in [5.74, 6) is -0.954. The first-order chi connectivity index (χ1) is 31.0. The molecule has 0 spiro atoms. The van der Waals surface area contributed by atoms with Crippen LogP contribution in [0.15, 0.2) is 85.1 Å². The topological polar surface area (TPSA) is 78.9 Å². The lowest BCUT2D eigenvalue weighted by Crippen LogP contribution is -2.30. The molecule has 0 radical (unpaired) electrons. The van der Waals surface area contributed by atoms with Gasteiger partial charge in [-0.15, -0.1) is 0 Å². The van der Waals surface area contributed by atoms with Gasteiger partial charge >= 0.3 is 17.9 Å². The SMILES string of the molecule is CC/C=C/C=C/C=C/C=C/CCCCCC(=O)OCC(COC(=O)CCCCCCC/C=C/CCCCCCCCCCC)OC(=O)CCCCCCCCC/C=C/C/C=C/CC. The van der Waals surface area contributed by atoms with Crippen molar-refractivity contribution in [2.24, 2.45) is 0 Å². The molecule has 0 aromatic rings. The van der Waals surface area contributed by atoms with Crippen molar-refractivity contribution in [3.8, 4) is 0 Å². The molecule has 0 aromatic heterocycles. The fraction of sp³-hybridized carbons (Fsp3) is 0.702. The lowest BCUT2D eigenvalue weighted by Gasteiger charge is -2.18. The van der Waals surface area contributed by atoms with E-state index in [1.165, 1.54) is 103 Å². The predicted molar refractivity (Wildman–Crippen MR) is 270 cm³/mol. The van der Waals surface area contributed by atoms with Gasteiger partial charge in [-0.1, -0.05) is 215 Å². The molecule has 0 N–H and O–H groups in total. The van der Waals surface area contributed by atoms with Gasteiger partial charge in [-0.3, -0.25) is 14.4 Å². The number of esters is 3. The van der Waals surface area contributed by atoms with Gasteiger partial charge in [0, 0.05) is 19.3 Å². The van der Waals surface area contributed by atoms with Crippen LogP contribution in [0.3, 0.4) is 0 Å². The van der Waals surface area contributed by atoms with Crippen LogP contribution in [0.5, 0.6) is 0 Å². The van der Waals surface area contributed by atoms with E-state index in [0.29, 0.717) is 19.3 Å². The Morgan fingerprint density at radius 3 is 1.17 bits per heavy atom. The average molecular weight is 877 g/mol. The molecule has 0 aliphatic carbocycles. The third-order valence-electron chi connectivity index (χ3n) is 11.0. The van der Waals surface area contributed by atoms with E-state index in [-0.39, 0.29) is 31.1 Å². The molecule has 360 valence electrons. The molecular formula is C57H96O6. The molecule has 0 aliphatic heterocycles. The summed E-state index contributed by atoms with van der Waals surface area (Å²) in [6.45, 7) is 6.34. The van der Waals surface area contributed by atoms with Crippen molar-refractivity contribution < 1.29 is 28.6 Å². The third-order valence-corrected chi connectivity index (χ3v) is 11.0. The summed E-state index contributed by atoms with van der Waals surface area (Å²) in [6, 6.07) is 0. The van der Waals surface area contributed by atoms with Crippen LogP contribution in [0, 0.1) is 0 Å². The molecule has 0 aromatic carbocycles. The van der Waals surface area contributed by atoms with Crippen LogP contribution in [-0.2, 0) is 28.6 Å². The number of rotatable bonds is 46. The van der Waals surface area contributed by atoms with Gasteiger partial charge in [0.1, 0.15) is 13.2 Å². The monoisotopic (exact) mass is 877 g/mol. The zero-order valence-corrected chi connectivity index (χ0v) is 41.1. The van der Waals surface area contributed by atoms with Gasteiger partial charge in [-0.2, -0.15) is 0 Å². The van der Waals surface area contributed by atoms with Crippen molar-refractivity contribution in [2.75, 3.05) is 13.2 Å². The first-order valence-electron chi connectivity index (χ1n) is 26.1. The highest BCUT2D eigenvalue weighted by atomic mass is 16.6. The van der Waals surface area contributed by atoms with Gasteiger partial charge in [-0.05, 0) is 89.9 Å². The second kappa shape index (κ2) is 51.2. The molecule has 6 heteroatoms. The summed E-state index contributed by atoms with van der Waals surface area (Å²) in [7, 11) is 0. The highest BCUT2D eigenvalue weighted by Crippen LogP contribution is 2.14. The predicted octanol–water partition coefficient (Wildman–Crippen LogP) is 17.2. The fourth-order valence-corrected chi connectivity index (χ4v) is 7.07. The minimum atomic E-state index is -0.800. The van der Waals surface area contributed by atoms with Gasteiger partial charge in [0.25, 0.3) is 0 Å². The number of carbonyl (C=O) groups excluding carboxylic acids is 3. The van der Waals surface area contributed by atoms with Crippen molar-refractivity contribution in [3.63, 3.8) is 0 Å². The van der Waals surface area contributed by atoms with E-state index in [4.69, 9.17) is 14.2 Å². The first kappa shape index (κ1) is 59.6. The van der Waals surface area contributed by atoms with Crippen LogP contribution in [0.1, 0.15) is 239 Å². The smallest absolute Gasteiger partial charge is 0.306 e. The van der Waals surface area contributed by atoms with Crippen LogP contribution in [0.2, 0.25) is 0 Å². The van der Waals surface area contributed by atoms with E-state index >= 15 is 0 Å². The third kappa shape index (κ3) is 49.5. The first-order valence-corrected chi connectivity index (χ1v) is 26.1. The van der Waals surface area contributed by atoms with Crippen molar-refractivity contribution in [2.45, 2.75) is 245 Å². The molecular weight excluding hydrogens is 781 g/mol. The Hall–Kier alpha value is -3.41. The molecule has 0 bridgehead atoms. The lowest BCUT2D eigenvalue weighted by molar-refractivity contribution is -0.167. The molecule has 0 fully saturated rings. The minimum absolute atomic E-state index is 0.0973. The highest BCUT2D eigenvalue weighted by molar-refractivity contribution is 5.71. The van der Waals surface area contributed by atoms with E-state index in [2.05, 4.69) is 69.4 Å². The van der Waals surface area contributed by atoms with Crippen LogP contribution >= 0.6 is 0 Å². The highest BCUT2D eigenvalue weighted by Gasteiger charge is 2.19. The molecule has 1 unspecified atom stereocenters. The maximum Gasteiger partial charge on any atom is 0.306 e. The lowest BCUT2D eigenvalue weighted by atomic mass is 10.1. The number of hydrogen-bond donors (Lipinski definition) is 0. The molecule has 1 atom stereocenters. The Kier molecular flexibility index (Phi) is 48.5. The standard InChI is InChI=1S/C57H96O6/c1-4-7-10-13-16-19-22-25-27-28-29-30-33-35-38-41-44-47-50-56(59)62-53-54(52-61-55(58)49-46-43-40-37-34-31-24-21-18-15-12-9-6-3)63-57(60)51-48-45-42-39-36-32-26-23-20-17-14-11-8-5-2/h8-9,11-12,15,17-18,20-21,24,29-31,34,54H,4-7,10,13-14,16,19,22-23,25-28,32-33,35-53H2,1-3H3/b11-8+,12-9+,18-15+,20-17+,24-21+,30-29+,34-31+. The molecule has 6 nitrogen and oxygen atoms in total. The number of unbranched alkanes of at least 4 members (excludes halogenated alkanes) is 24. The Morgan fingerprint density at radius 2 is 0.698 bits per heavy atom. The maximum atomic E-state index is 12.8. The van der Waals surface area contributed by atoms with E-state index in [9.17, 15) is 14.4 Å². The zero-order chi connectivity index (χ0) is 45.8. The van der Waals surface area contributed by atoms with Crippen LogP contribution < -0.4 is 0 Å². The van der Waals surface area contributed by atoms with Gasteiger partial charge in [-0.25, -0.2) is 0 Å². The summed E-state index contributed by atoms with van der Waals surface area (Å²) < 4.78 is 16.8. The van der Waals surface area contributed by atoms with Gasteiger partial charge in [0.2, 0.25) is 0 Å². The molecule has 63 heavy (non-hydrogen) atoms. The molecule has 0 saturated heterocycles. The molecule has 0 saturated carbocycles. The van der Waals surface area contributed by atoms with Crippen molar-refractivity contribution in [1.29, 1.82) is 0 Å². The van der Waals surface area contributed by atoms with Crippen molar-refractivity contribution in [1.82, 2.24) is 0 Å². The van der Waals surface area contributed by atoms with Crippen LogP contribution in [0.25, 0.3) is 0 Å². The van der Waals surface area contributed by atoms with Crippen molar-refractivity contribution in [3.05, 3.63) is 85.1 Å². The Bertz CT molecular complexity index is 1240. The summed E-state index contributed by atoms with van der Waals surface area (Å²) in [5, 5.41) is 0. The van der Waals surface area contributed by atoms with Crippen LogP contribution in [-0.4, -0.2) is 37.2 Å². The second-order valence-corrected chi connectivity index (χ2v) is 17.1. The van der Waals surface area contributed by atoms with Gasteiger partial charge in [0.15, 0.2) is 6.10 Å². The number of ether oxygens (including phenoxy) is 3. The average Bonchev–Trinajstić information content (AvgIpc) is 3.28. The van der Waals surface area contributed by atoms with Gasteiger partial charge < -0.3 is 14.2 Å². The van der Waals surface area contributed by atoms with E-state index in [1.54, 1.807) is 0 Å². The second-order valence-electron chi connectivity index (χ2n) is 17.1. The Morgan fingerprint density at radius 1 is 0.349 bits per heavy atom. The van der Waals surface area contributed by atoms with Crippen LogP contribution in [0.4, 0.5) is 0 Å². The largest absolute Gasteiger partial charge is 0.462 e. The Labute approximate surface area is 388 Å². The summed E-state index contributed by atoms with van der Waals surface area (Å²) in [5.41, 5.74) is 0. The maximum absolute atomic E-state index is 12.8. The minimum Gasteiger partial charge on any atom is -0.462 e. The number of hydrogen-bond acceptors (Lipinski definition) is 6. The van der Waals surface area contributed by atoms with E-state index in [0.717, 1.165) is 96.3 Å². The summed E-state index contributed by atoms with van der Waals surface area (Å²) in [6.07, 6.45) is 65.7. The quantitative estimate of drug-likeness (QED) is 0.0199. The van der Waals surface area contributed by atoms with Gasteiger partial charge in [0.05, 0.1) is 0 Å². The number of allylic oxidation sites excluding steroid dienone is 14. The van der Waals surface area contributed by atoms with E-state index in [1.807, 2.05) is 36.5 Å². The van der Waals surface area contributed by atoms with Crippen molar-refractivity contribution >= 4 is 17.9 Å². The molecule has 0 amide bonds. The molecule has 0 heterocycles. The normalized spacial score (nSPS) is 12.7. The Balaban J connectivity index is 4.43. The fourth-order valence-electron chi connectivity index (χ4n) is 7.07. The summed E-state index contributed by atoms with van der Waals surface area (Å²) >= 11 is 0. The molecule has 0 aliphatic rings. The summed E-state index contributed by atoms with van der Waals surface area (Å²) in [4.78, 5) is 38.0.